The van der Waals surface area contributed by atoms with Gasteiger partial charge in [-0.1, -0.05) is 18.2 Å². The average Bonchev–Trinajstić information content (AvgIpc) is 2.69. The van der Waals surface area contributed by atoms with E-state index in [1.165, 1.54) is 32.2 Å². The molecule has 1 atom stereocenters. The molecule has 0 saturated carbocycles. The summed E-state index contributed by atoms with van der Waals surface area (Å²) in [5.41, 5.74) is 3.17. The molecule has 0 radical (unpaired) electrons. The molecule has 0 aliphatic carbocycles. The van der Waals surface area contributed by atoms with Gasteiger partial charge in [0.25, 0.3) is 5.91 Å². The molecule has 1 N–H and O–H groups in total. The Kier molecular flexibility index (Phi) is 7.69. The van der Waals surface area contributed by atoms with Crippen molar-refractivity contribution in [1.82, 2.24) is 5.43 Å². The summed E-state index contributed by atoms with van der Waals surface area (Å²) in [6.07, 6.45) is 0.634. The number of nitrogens with one attached hydrogen (secondary N) is 1. The minimum Gasteiger partial charge on any atom is -0.493 e. The van der Waals surface area contributed by atoms with Crippen LogP contribution in [0.3, 0.4) is 0 Å². The minimum absolute atomic E-state index is 0.210. The van der Waals surface area contributed by atoms with E-state index in [0.29, 0.717) is 11.3 Å². The lowest BCUT2D eigenvalue weighted by Crippen LogP contribution is -2.26. The van der Waals surface area contributed by atoms with E-state index in [1.807, 2.05) is 37.3 Å². The van der Waals surface area contributed by atoms with Gasteiger partial charge in [-0.25, -0.2) is 10.2 Å². The number of amides is 1. The molecule has 27 heavy (non-hydrogen) atoms. The Bertz CT molecular complexity index is 811. The van der Waals surface area contributed by atoms with Crippen molar-refractivity contribution in [3.05, 3.63) is 54.1 Å². The maximum atomic E-state index is 12.1. The van der Waals surface area contributed by atoms with Crippen molar-refractivity contribution in [2.45, 2.75) is 17.1 Å². The summed E-state index contributed by atoms with van der Waals surface area (Å²) in [4.78, 5) is 24.3. The van der Waals surface area contributed by atoms with Crippen LogP contribution < -0.4 is 14.9 Å². The van der Waals surface area contributed by atoms with Crippen molar-refractivity contribution in [2.24, 2.45) is 5.10 Å². The number of benzene rings is 2. The van der Waals surface area contributed by atoms with Crippen LogP contribution in [0.25, 0.3) is 0 Å². The molecule has 0 bridgehead atoms. The van der Waals surface area contributed by atoms with Gasteiger partial charge in [-0.3, -0.25) is 4.79 Å². The van der Waals surface area contributed by atoms with Gasteiger partial charge in [-0.15, -0.1) is 11.8 Å². The van der Waals surface area contributed by atoms with Crippen molar-refractivity contribution >= 4 is 30.0 Å². The van der Waals surface area contributed by atoms with Crippen molar-refractivity contribution in [3.8, 4) is 11.5 Å². The molecule has 2 rings (SSSR count). The van der Waals surface area contributed by atoms with Gasteiger partial charge in [0.2, 0.25) is 0 Å². The van der Waals surface area contributed by atoms with Crippen LogP contribution in [0.4, 0.5) is 4.79 Å². The van der Waals surface area contributed by atoms with Crippen molar-refractivity contribution in [3.63, 3.8) is 0 Å². The molecule has 0 aliphatic heterocycles. The van der Waals surface area contributed by atoms with Crippen LogP contribution in [0.5, 0.6) is 11.5 Å². The number of nitrogens with zero attached hydrogens (tertiary/aromatic N) is 1. The summed E-state index contributed by atoms with van der Waals surface area (Å²) < 4.78 is 14.6. The number of carbonyl (C=O) groups is 2. The second-order valence-electron chi connectivity index (χ2n) is 5.27. The van der Waals surface area contributed by atoms with E-state index in [2.05, 4.69) is 15.3 Å². The smallest absolute Gasteiger partial charge is 0.493 e. The predicted octanol–water partition coefficient (Wildman–Crippen LogP) is 3.47. The Morgan fingerprint density at radius 2 is 1.85 bits per heavy atom. The minimum atomic E-state index is -0.841. The largest absolute Gasteiger partial charge is 0.513 e. The van der Waals surface area contributed by atoms with Gasteiger partial charge in [0, 0.05) is 4.90 Å². The Balaban J connectivity index is 1.94. The Morgan fingerprint density at radius 1 is 1.11 bits per heavy atom. The van der Waals surface area contributed by atoms with Crippen LogP contribution >= 0.6 is 11.8 Å². The van der Waals surface area contributed by atoms with E-state index in [9.17, 15) is 9.59 Å². The maximum Gasteiger partial charge on any atom is 0.513 e. The van der Waals surface area contributed by atoms with Crippen LogP contribution in [0, 0.1) is 0 Å². The van der Waals surface area contributed by atoms with Crippen LogP contribution in [0.2, 0.25) is 0 Å². The molecule has 0 aliphatic rings. The number of methoxy groups -OCH3 is 2. The van der Waals surface area contributed by atoms with E-state index in [1.54, 1.807) is 18.2 Å². The van der Waals surface area contributed by atoms with Crippen LogP contribution in [0.1, 0.15) is 12.5 Å². The van der Waals surface area contributed by atoms with E-state index in [0.717, 1.165) is 4.90 Å². The van der Waals surface area contributed by atoms with Gasteiger partial charge in [0.05, 0.1) is 25.7 Å². The number of carbonyl (C=O) groups excluding carboxylic acids is 2. The number of hydrogen-bond acceptors (Lipinski definition) is 7. The van der Waals surface area contributed by atoms with Gasteiger partial charge in [-0.05, 0) is 42.8 Å². The van der Waals surface area contributed by atoms with Crippen molar-refractivity contribution < 1.29 is 23.8 Å². The number of hydrazone groups is 1. The molecular formula is C19H20N2O5S. The SMILES string of the molecule is COC(=O)Oc1ccc(/C=N\NC(=O)[C@H](C)Sc2ccccc2)cc1OC. The zero-order valence-corrected chi connectivity index (χ0v) is 16.0. The fourth-order valence-corrected chi connectivity index (χ4v) is 2.88. The summed E-state index contributed by atoms with van der Waals surface area (Å²) >= 11 is 1.45. The monoisotopic (exact) mass is 388 g/mol. The summed E-state index contributed by atoms with van der Waals surface area (Å²) in [5, 5.41) is 3.66. The molecule has 0 aromatic heterocycles. The van der Waals surface area contributed by atoms with Crippen LogP contribution in [-0.2, 0) is 9.53 Å². The Hall–Kier alpha value is -3.00. The van der Waals surface area contributed by atoms with E-state index < -0.39 is 6.16 Å². The number of hydrogen-bond donors (Lipinski definition) is 1. The fraction of sp³-hybridized carbons (Fsp3) is 0.211. The van der Waals surface area contributed by atoms with Gasteiger partial charge >= 0.3 is 6.16 Å². The van der Waals surface area contributed by atoms with E-state index in [-0.39, 0.29) is 16.9 Å². The molecule has 0 fully saturated rings. The van der Waals surface area contributed by atoms with E-state index >= 15 is 0 Å². The highest BCUT2D eigenvalue weighted by molar-refractivity contribution is 8.00. The van der Waals surface area contributed by atoms with Crippen LogP contribution in [0.15, 0.2) is 58.5 Å². The van der Waals surface area contributed by atoms with Gasteiger partial charge in [0.1, 0.15) is 0 Å². The molecule has 8 heteroatoms. The molecule has 0 heterocycles. The number of rotatable bonds is 7. The number of ether oxygens (including phenoxy) is 3. The molecule has 0 spiro atoms. The molecular weight excluding hydrogens is 368 g/mol. The first-order valence-corrected chi connectivity index (χ1v) is 8.90. The molecule has 2 aromatic rings. The van der Waals surface area contributed by atoms with Gasteiger partial charge < -0.3 is 14.2 Å². The van der Waals surface area contributed by atoms with Crippen molar-refractivity contribution in [1.29, 1.82) is 0 Å². The standard InChI is InChI=1S/C19H20N2O5S/c1-13(27-15-7-5-4-6-8-15)18(22)21-20-12-14-9-10-16(17(11-14)24-2)26-19(23)25-3/h4-13H,1-3H3,(H,21,22)/b20-12-/t13-/m0/s1. The molecule has 142 valence electrons. The lowest BCUT2D eigenvalue weighted by molar-refractivity contribution is -0.120. The van der Waals surface area contributed by atoms with Crippen molar-refractivity contribution in [2.75, 3.05) is 14.2 Å². The molecule has 0 unspecified atom stereocenters. The lowest BCUT2D eigenvalue weighted by Gasteiger charge is -2.10. The average molecular weight is 388 g/mol. The molecule has 1 amide bonds. The molecule has 2 aromatic carbocycles. The summed E-state index contributed by atoms with van der Waals surface area (Å²) in [5.74, 6) is 0.347. The zero-order valence-electron chi connectivity index (χ0n) is 15.2. The molecule has 7 nitrogen and oxygen atoms in total. The summed E-state index contributed by atoms with van der Waals surface area (Å²) in [7, 11) is 2.67. The first-order chi connectivity index (χ1) is 13.0. The van der Waals surface area contributed by atoms with E-state index in [4.69, 9.17) is 9.47 Å². The quantitative estimate of drug-likeness (QED) is 0.257. The third-order valence-electron chi connectivity index (χ3n) is 3.36. The first kappa shape index (κ1) is 20.3. The highest BCUT2D eigenvalue weighted by atomic mass is 32.2. The third kappa shape index (κ3) is 6.34. The first-order valence-electron chi connectivity index (χ1n) is 8.02. The van der Waals surface area contributed by atoms with Gasteiger partial charge in [0.15, 0.2) is 11.5 Å². The summed E-state index contributed by atoms with van der Waals surface area (Å²) in [6, 6.07) is 14.5. The predicted molar refractivity (Wildman–Crippen MR) is 104 cm³/mol. The highest BCUT2D eigenvalue weighted by Crippen LogP contribution is 2.28. The highest BCUT2D eigenvalue weighted by Gasteiger charge is 2.13. The lowest BCUT2D eigenvalue weighted by atomic mass is 10.2. The van der Waals surface area contributed by atoms with Gasteiger partial charge in [-0.2, -0.15) is 5.10 Å². The zero-order chi connectivity index (χ0) is 19.6. The fourth-order valence-electron chi connectivity index (χ4n) is 2.00. The Morgan fingerprint density at radius 3 is 2.52 bits per heavy atom. The molecule has 0 saturated heterocycles. The second kappa shape index (κ2) is 10.2. The normalized spacial score (nSPS) is 11.7. The van der Waals surface area contributed by atoms with Crippen LogP contribution in [-0.4, -0.2) is 37.7 Å². The maximum absolute atomic E-state index is 12.1. The topological polar surface area (TPSA) is 86.2 Å². The second-order valence-corrected chi connectivity index (χ2v) is 6.69. The third-order valence-corrected chi connectivity index (χ3v) is 4.47. The number of thioether (sulfide) groups is 1. The summed E-state index contributed by atoms with van der Waals surface area (Å²) in [6.45, 7) is 1.81. The Labute approximate surface area is 161 Å².